The first kappa shape index (κ1) is 15.4. The molecule has 0 amide bonds. The first-order valence-corrected chi connectivity index (χ1v) is 5.81. The molecule has 0 radical (unpaired) electrons. The van der Waals surface area contributed by atoms with Crippen LogP contribution in [0.3, 0.4) is 0 Å². The molecule has 0 aromatic carbocycles. The Labute approximate surface area is 104 Å². The summed E-state index contributed by atoms with van der Waals surface area (Å²) in [5.74, 6) is -0.0318. The van der Waals surface area contributed by atoms with Crippen molar-refractivity contribution in [1.29, 1.82) is 0 Å². The minimum absolute atomic E-state index is 0.0691. The Hall–Kier alpha value is -1.57. The fourth-order valence-corrected chi connectivity index (χ4v) is 1.30. The van der Waals surface area contributed by atoms with E-state index in [0.29, 0.717) is 0 Å². The van der Waals surface area contributed by atoms with E-state index in [9.17, 15) is 4.79 Å². The number of aldehydes is 1. The predicted molar refractivity (Wildman–Crippen MR) is 72.8 cm³/mol. The monoisotopic (exact) mass is 234 g/mol. The van der Waals surface area contributed by atoms with Gasteiger partial charge in [0, 0.05) is 11.8 Å². The molecule has 1 N–H and O–H groups in total. The van der Waals surface area contributed by atoms with Gasteiger partial charge in [0.1, 0.15) is 6.29 Å². The second kappa shape index (κ2) is 7.66. The molecule has 0 spiro atoms. The molecule has 2 atom stereocenters. The molecule has 0 rings (SSSR count). The smallest absolute Gasteiger partial charge is 0.127 e. The van der Waals surface area contributed by atoms with Gasteiger partial charge in [0.15, 0.2) is 0 Å². The summed E-state index contributed by atoms with van der Waals surface area (Å²) < 4.78 is 0. The van der Waals surface area contributed by atoms with E-state index in [0.717, 1.165) is 23.9 Å². The summed E-state index contributed by atoms with van der Waals surface area (Å²) in [6.45, 7) is 13.1. The van der Waals surface area contributed by atoms with Crippen LogP contribution in [-0.2, 0) is 4.79 Å². The zero-order chi connectivity index (χ0) is 13.4. The van der Waals surface area contributed by atoms with Crippen LogP contribution in [0, 0.1) is 11.8 Å². The van der Waals surface area contributed by atoms with Gasteiger partial charge in [-0.2, -0.15) is 0 Å². The number of carbonyl (C=O) groups excluding carboxylic acids is 1. The summed E-state index contributed by atoms with van der Waals surface area (Å²) in [6.07, 6.45) is 7.29. The number of aliphatic hydroxyl groups is 1. The van der Waals surface area contributed by atoms with Crippen molar-refractivity contribution in [2.75, 3.05) is 0 Å². The van der Waals surface area contributed by atoms with Crippen molar-refractivity contribution in [2.45, 2.75) is 27.2 Å². The Morgan fingerprint density at radius 3 is 2.41 bits per heavy atom. The Bertz CT molecular complexity index is 348. The average Bonchev–Trinajstić information content (AvgIpc) is 2.29. The normalized spacial score (nSPS) is 15.6. The highest BCUT2D eigenvalue weighted by atomic mass is 16.3. The third-order valence-corrected chi connectivity index (χ3v) is 2.83. The van der Waals surface area contributed by atoms with Gasteiger partial charge >= 0.3 is 0 Å². The largest absolute Gasteiger partial charge is 0.512 e. The van der Waals surface area contributed by atoms with E-state index in [4.69, 9.17) is 5.11 Å². The maximum atomic E-state index is 10.8. The highest BCUT2D eigenvalue weighted by Crippen LogP contribution is 2.19. The highest BCUT2D eigenvalue weighted by molar-refractivity contribution is 5.61. The first-order chi connectivity index (χ1) is 7.93. The van der Waals surface area contributed by atoms with Crippen molar-refractivity contribution in [3.8, 4) is 0 Å². The molecule has 2 heteroatoms. The first-order valence-electron chi connectivity index (χ1n) is 5.81. The van der Waals surface area contributed by atoms with E-state index < -0.39 is 0 Å². The van der Waals surface area contributed by atoms with Gasteiger partial charge in [-0.05, 0) is 24.5 Å². The van der Waals surface area contributed by atoms with Gasteiger partial charge in [0.25, 0.3) is 0 Å². The summed E-state index contributed by atoms with van der Waals surface area (Å²) in [7, 11) is 0. The van der Waals surface area contributed by atoms with E-state index >= 15 is 0 Å². The zero-order valence-electron chi connectivity index (χ0n) is 10.9. The molecular formula is C15H22O2. The van der Waals surface area contributed by atoms with Crippen LogP contribution in [0.25, 0.3) is 0 Å². The Kier molecular flexibility index (Phi) is 6.95. The van der Waals surface area contributed by atoms with Gasteiger partial charge in [-0.25, -0.2) is 0 Å². The molecule has 17 heavy (non-hydrogen) atoms. The maximum Gasteiger partial charge on any atom is 0.127 e. The second-order valence-corrected chi connectivity index (χ2v) is 4.19. The fourth-order valence-electron chi connectivity index (χ4n) is 1.30. The highest BCUT2D eigenvalue weighted by Gasteiger charge is 2.09. The average molecular weight is 234 g/mol. The van der Waals surface area contributed by atoms with Gasteiger partial charge in [-0.1, -0.05) is 45.2 Å². The molecule has 0 aliphatic rings. The van der Waals surface area contributed by atoms with Crippen molar-refractivity contribution in [3.63, 3.8) is 0 Å². The van der Waals surface area contributed by atoms with Gasteiger partial charge in [-0.3, -0.25) is 0 Å². The van der Waals surface area contributed by atoms with E-state index in [2.05, 4.69) is 13.2 Å². The minimum Gasteiger partial charge on any atom is -0.512 e. The number of allylic oxidation sites excluding steroid dienone is 5. The zero-order valence-corrected chi connectivity index (χ0v) is 10.9. The van der Waals surface area contributed by atoms with Crippen molar-refractivity contribution in [2.24, 2.45) is 11.8 Å². The standard InChI is InChI=1S/C15H22O2/c1-6-15(10-16)13(4)11(2)8-7-9-12(3)14(5)17/h7-10,12,15,17H,4-6H2,1-3H3/b9-7-,11-8-/t12?,15-/m0/s1. The summed E-state index contributed by atoms with van der Waals surface area (Å²) in [6, 6.07) is 0. The Balaban J connectivity index is 4.60. The van der Waals surface area contributed by atoms with Crippen LogP contribution in [0.15, 0.2) is 48.3 Å². The number of aliphatic hydroxyl groups excluding tert-OH is 1. The molecule has 0 fully saturated rings. The van der Waals surface area contributed by atoms with Crippen molar-refractivity contribution >= 4 is 6.29 Å². The molecule has 0 aliphatic heterocycles. The molecule has 0 aliphatic carbocycles. The molecule has 0 saturated heterocycles. The fraction of sp³-hybridized carbons (Fsp3) is 0.400. The lowest BCUT2D eigenvalue weighted by Crippen LogP contribution is -2.04. The number of carbonyl (C=O) groups is 1. The maximum absolute atomic E-state index is 10.8. The number of hydrogen-bond acceptors (Lipinski definition) is 2. The van der Waals surface area contributed by atoms with Crippen LogP contribution in [0.2, 0.25) is 0 Å². The SMILES string of the molecule is C=C(O)C(C)/C=C\C=C(\C)C(=C)[C@H](C=O)CC. The Morgan fingerprint density at radius 1 is 1.41 bits per heavy atom. The van der Waals surface area contributed by atoms with Crippen LogP contribution in [-0.4, -0.2) is 11.4 Å². The van der Waals surface area contributed by atoms with Crippen molar-refractivity contribution < 1.29 is 9.90 Å². The second-order valence-electron chi connectivity index (χ2n) is 4.19. The minimum atomic E-state index is -0.107. The van der Waals surface area contributed by atoms with E-state index in [1.807, 2.05) is 39.0 Å². The van der Waals surface area contributed by atoms with Crippen LogP contribution in [0.1, 0.15) is 27.2 Å². The Morgan fingerprint density at radius 2 is 2.00 bits per heavy atom. The summed E-state index contributed by atoms with van der Waals surface area (Å²) in [4.78, 5) is 10.8. The van der Waals surface area contributed by atoms with E-state index in [1.54, 1.807) is 0 Å². The molecule has 1 unspecified atom stereocenters. The molecule has 94 valence electrons. The summed E-state index contributed by atoms with van der Waals surface area (Å²) in [5, 5.41) is 9.13. The molecule has 0 aromatic heterocycles. The predicted octanol–water partition coefficient (Wildman–Crippen LogP) is 3.98. The lowest BCUT2D eigenvalue weighted by Gasteiger charge is -2.11. The van der Waals surface area contributed by atoms with Crippen LogP contribution in [0.4, 0.5) is 0 Å². The van der Waals surface area contributed by atoms with Crippen LogP contribution in [0.5, 0.6) is 0 Å². The quantitative estimate of drug-likeness (QED) is 0.411. The van der Waals surface area contributed by atoms with Crippen LogP contribution >= 0.6 is 0 Å². The molecule has 2 nitrogen and oxygen atoms in total. The lowest BCUT2D eigenvalue weighted by atomic mass is 9.93. The third kappa shape index (κ3) is 5.34. The van der Waals surface area contributed by atoms with Crippen molar-refractivity contribution in [1.82, 2.24) is 0 Å². The van der Waals surface area contributed by atoms with Gasteiger partial charge < -0.3 is 9.90 Å². The molecule has 0 aromatic rings. The van der Waals surface area contributed by atoms with Crippen LogP contribution < -0.4 is 0 Å². The topological polar surface area (TPSA) is 37.3 Å². The van der Waals surface area contributed by atoms with E-state index in [1.165, 1.54) is 0 Å². The summed E-state index contributed by atoms with van der Waals surface area (Å²) >= 11 is 0. The molecule has 0 saturated carbocycles. The number of rotatable bonds is 7. The van der Waals surface area contributed by atoms with Gasteiger partial charge in [0.05, 0.1) is 5.76 Å². The lowest BCUT2D eigenvalue weighted by molar-refractivity contribution is -0.110. The molecule has 0 heterocycles. The van der Waals surface area contributed by atoms with Gasteiger partial charge in [0.2, 0.25) is 0 Å². The van der Waals surface area contributed by atoms with E-state index in [-0.39, 0.29) is 17.6 Å². The number of hydrogen-bond donors (Lipinski definition) is 1. The summed E-state index contributed by atoms with van der Waals surface area (Å²) in [5.41, 5.74) is 1.83. The molecule has 0 bridgehead atoms. The van der Waals surface area contributed by atoms with Crippen molar-refractivity contribution in [3.05, 3.63) is 48.3 Å². The van der Waals surface area contributed by atoms with Gasteiger partial charge in [-0.15, -0.1) is 0 Å². The third-order valence-electron chi connectivity index (χ3n) is 2.83. The molecular weight excluding hydrogens is 212 g/mol.